The molecule has 1 N–H and O–H groups in total. The molecule has 1 fully saturated rings. The van der Waals surface area contributed by atoms with E-state index in [9.17, 15) is 20.0 Å². The molecule has 0 radical (unpaired) electrons. The van der Waals surface area contributed by atoms with Crippen molar-refractivity contribution in [1.29, 1.82) is 0 Å². The number of carboxylic acids is 1. The molecule has 1 aliphatic heterocycles. The fourth-order valence-corrected chi connectivity index (χ4v) is 1.95. The van der Waals surface area contributed by atoms with E-state index in [2.05, 4.69) is 4.98 Å². The van der Waals surface area contributed by atoms with Gasteiger partial charge in [0.1, 0.15) is 0 Å². The number of pyridine rings is 1. The summed E-state index contributed by atoms with van der Waals surface area (Å²) in [7, 11) is 1.38. The Morgan fingerprint density at radius 3 is 3.00 bits per heavy atom. The first-order valence-corrected chi connectivity index (χ1v) is 5.81. The van der Waals surface area contributed by atoms with Crippen LogP contribution in [0.15, 0.2) is 12.1 Å². The van der Waals surface area contributed by atoms with Gasteiger partial charge in [0.2, 0.25) is 11.7 Å². The van der Waals surface area contributed by atoms with Crippen LogP contribution < -0.4 is 9.64 Å². The molecule has 0 amide bonds. The van der Waals surface area contributed by atoms with Gasteiger partial charge in [-0.15, -0.1) is 0 Å². The number of nitrogens with zero attached hydrogens (tertiary/aromatic N) is 3. The van der Waals surface area contributed by atoms with E-state index >= 15 is 0 Å². The molecule has 1 aliphatic rings. The van der Waals surface area contributed by atoms with Crippen LogP contribution in [-0.4, -0.2) is 53.9 Å². The Kier molecular flexibility index (Phi) is 3.99. The van der Waals surface area contributed by atoms with E-state index in [0.29, 0.717) is 0 Å². The van der Waals surface area contributed by atoms with Gasteiger partial charge in [-0.25, -0.2) is 4.79 Å². The number of methoxy groups -OCH3 is 1. The minimum Gasteiger partial charge on any atom is -0.481 e. The molecule has 0 aromatic carbocycles. The summed E-state index contributed by atoms with van der Waals surface area (Å²) in [5, 5.41) is 20.2. The average Bonchev–Trinajstić information content (AvgIpc) is 2.46. The van der Waals surface area contributed by atoms with Crippen LogP contribution in [0.5, 0.6) is 5.88 Å². The van der Waals surface area contributed by atoms with E-state index < -0.39 is 16.9 Å². The number of aromatic nitrogens is 1. The summed E-state index contributed by atoms with van der Waals surface area (Å²) in [6, 6.07) is 1.59. The Hall–Kier alpha value is -2.42. The lowest BCUT2D eigenvalue weighted by Crippen LogP contribution is -2.50. The van der Waals surface area contributed by atoms with Gasteiger partial charge < -0.3 is 19.5 Å². The molecular weight excluding hydrogens is 270 g/mol. The zero-order valence-corrected chi connectivity index (χ0v) is 10.7. The molecule has 2 heterocycles. The lowest BCUT2D eigenvalue weighted by atomic mass is 10.2. The lowest BCUT2D eigenvalue weighted by molar-refractivity contribution is -0.384. The maximum absolute atomic E-state index is 11.2. The number of hydrogen-bond donors (Lipinski definition) is 1. The number of anilines is 1. The van der Waals surface area contributed by atoms with Gasteiger partial charge in [-0.1, -0.05) is 0 Å². The minimum absolute atomic E-state index is 0.0231. The number of aliphatic carboxylic acids is 1. The fourth-order valence-electron chi connectivity index (χ4n) is 1.95. The molecule has 0 aliphatic carbocycles. The SMILES string of the molecule is COc1ccc([N+](=O)[O-])c(N2CCOCC2C(=O)O)n1. The number of nitro groups is 1. The van der Waals surface area contributed by atoms with Crippen molar-refractivity contribution < 1.29 is 24.3 Å². The van der Waals surface area contributed by atoms with Crippen molar-refractivity contribution in [1.82, 2.24) is 4.98 Å². The van der Waals surface area contributed by atoms with Gasteiger partial charge in [0.15, 0.2) is 6.04 Å². The van der Waals surface area contributed by atoms with Crippen LogP contribution in [0, 0.1) is 10.1 Å². The highest BCUT2D eigenvalue weighted by atomic mass is 16.6. The molecule has 2 rings (SSSR count). The first-order chi connectivity index (χ1) is 9.54. The van der Waals surface area contributed by atoms with E-state index in [1.807, 2.05) is 0 Å². The molecular formula is C11H13N3O6. The van der Waals surface area contributed by atoms with Crippen LogP contribution in [0.25, 0.3) is 0 Å². The van der Waals surface area contributed by atoms with Gasteiger partial charge in [0, 0.05) is 18.7 Å². The summed E-state index contributed by atoms with van der Waals surface area (Å²) in [4.78, 5) is 27.0. The Bertz CT molecular complexity index is 535. The number of hydrogen-bond acceptors (Lipinski definition) is 7. The fraction of sp³-hybridized carbons (Fsp3) is 0.455. The molecule has 108 valence electrons. The summed E-state index contributed by atoms with van der Waals surface area (Å²) >= 11 is 0. The van der Waals surface area contributed by atoms with Gasteiger partial charge >= 0.3 is 11.7 Å². The molecule has 9 heteroatoms. The highest BCUT2D eigenvalue weighted by molar-refractivity contribution is 5.79. The number of morpholine rings is 1. The van der Waals surface area contributed by atoms with Crippen LogP contribution in [0.4, 0.5) is 11.5 Å². The van der Waals surface area contributed by atoms with E-state index in [0.717, 1.165) is 0 Å². The molecule has 1 aromatic heterocycles. The minimum atomic E-state index is -1.12. The third kappa shape index (κ3) is 2.62. The van der Waals surface area contributed by atoms with Crippen molar-refractivity contribution in [2.75, 3.05) is 31.8 Å². The summed E-state index contributed by atoms with van der Waals surface area (Å²) < 4.78 is 10.0. The van der Waals surface area contributed by atoms with Gasteiger partial charge in [-0.2, -0.15) is 4.98 Å². The Morgan fingerprint density at radius 1 is 1.65 bits per heavy atom. The summed E-state index contributed by atoms with van der Waals surface area (Å²) in [6.45, 7) is 0.434. The highest BCUT2D eigenvalue weighted by Crippen LogP contribution is 2.30. The zero-order chi connectivity index (χ0) is 14.7. The van der Waals surface area contributed by atoms with Crippen LogP contribution in [0.3, 0.4) is 0 Å². The Morgan fingerprint density at radius 2 is 2.40 bits per heavy atom. The molecule has 0 bridgehead atoms. The van der Waals surface area contributed by atoms with Crippen molar-refractivity contribution in [3.05, 3.63) is 22.2 Å². The second-order valence-electron chi connectivity index (χ2n) is 4.08. The molecule has 0 saturated carbocycles. The smallest absolute Gasteiger partial charge is 0.328 e. The molecule has 1 aromatic rings. The number of carboxylic acid groups (broad SMARTS) is 1. The highest BCUT2D eigenvalue weighted by Gasteiger charge is 2.34. The Labute approximate surface area is 113 Å². The van der Waals surface area contributed by atoms with Crippen LogP contribution >= 0.6 is 0 Å². The van der Waals surface area contributed by atoms with Gasteiger partial charge in [-0.05, 0) is 0 Å². The van der Waals surface area contributed by atoms with Crippen molar-refractivity contribution in [2.24, 2.45) is 0 Å². The molecule has 9 nitrogen and oxygen atoms in total. The van der Waals surface area contributed by atoms with E-state index in [1.54, 1.807) is 0 Å². The van der Waals surface area contributed by atoms with E-state index in [-0.39, 0.29) is 37.1 Å². The van der Waals surface area contributed by atoms with Crippen molar-refractivity contribution in [3.8, 4) is 5.88 Å². The van der Waals surface area contributed by atoms with E-state index in [1.165, 1.54) is 24.1 Å². The third-order valence-electron chi connectivity index (χ3n) is 2.92. The lowest BCUT2D eigenvalue weighted by Gasteiger charge is -2.33. The monoisotopic (exact) mass is 283 g/mol. The van der Waals surface area contributed by atoms with Gasteiger partial charge in [-0.3, -0.25) is 10.1 Å². The number of carbonyl (C=O) groups is 1. The quantitative estimate of drug-likeness (QED) is 0.619. The molecule has 0 spiro atoms. The first kappa shape index (κ1) is 14.0. The zero-order valence-electron chi connectivity index (χ0n) is 10.7. The molecule has 1 atom stereocenters. The van der Waals surface area contributed by atoms with Crippen molar-refractivity contribution >= 4 is 17.5 Å². The van der Waals surface area contributed by atoms with Crippen LogP contribution in [-0.2, 0) is 9.53 Å². The standard InChI is InChI=1S/C11H13N3O6/c1-19-9-3-2-7(14(17)18)10(12-9)13-4-5-20-6-8(13)11(15)16/h2-3,8H,4-6H2,1H3,(H,15,16). The number of rotatable bonds is 4. The van der Waals surface area contributed by atoms with Crippen molar-refractivity contribution in [2.45, 2.75) is 6.04 Å². The van der Waals surface area contributed by atoms with Crippen molar-refractivity contribution in [3.63, 3.8) is 0 Å². The average molecular weight is 283 g/mol. The molecule has 20 heavy (non-hydrogen) atoms. The summed E-state index contributed by atoms with van der Waals surface area (Å²) in [5.41, 5.74) is -0.265. The molecule has 1 unspecified atom stereocenters. The van der Waals surface area contributed by atoms with E-state index in [4.69, 9.17) is 9.47 Å². The maximum Gasteiger partial charge on any atom is 0.328 e. The maximum atomic E-state index is 11.2. The normalized spacial score (nSPS) is 18.6. The summed E-state index contributed by atoms with van der Waals surface area (Å²) in [5.74, 6) is -0.963. The van der Waals surface area contributed by atoms with Crippen LogP contribution in [0.2, 0.25) is 0 Å². The van der Waals surface area contributed by atoms with Crippen LogP contribution in [0.1, 0.15) is 0 Å². The predicted octanol–water partition coefficient (Wildman–Crippen LogP) is 0.288. The number of ether oxygens (including phenoxy) is 2. The predicted molar refractivity (Wildman–Crippen MR) is 67.0 cm³/mol. The topological polar surface area (TPSA) is 115 Å². The largest absolute Gasteiger partial charge is 0.481 e. The second-order valence-corrected chi connectivity index (χ2v) is 4.08. The summed E-state index contributed by atoms with van der Waals surface area (Å²) in [6.07, 6.45) is 0. The van der Waals surface area contributed by atoms with Gasteiger partial charge in [0.25, 0.3) is 0 Å². The molecule has 1 saturated heterocycles. The first-order valence-electron chi connectivity index (χ1n) is 5.81. The second kappa shape index (κ2) is 5.70. The van der Waals surface area contributed by atoms with Gasteiger partial charge in [0.05, 0.1) is 25.2 Å². The third-order valence-corrected chi connectivity index (χ3v) is 2.92. The Balaban J connectivity index is 2.47.